The highest BCUT2D eigenvalue weighted by Crippen LogP contribution is 2.12. The SMILES string of the molecule is CCC(O)CCNS(=O)(=O)NCC(F)(F)F. The Labute approximate surface area is 92.2 Å². The molecule has 16 heavy (non-hydrogen) atoms. The summed E-state index contributed by atoms with van der Waals surface area (Å²) >= 11 is 0. The maximum absolute atomic E-state index is 11.7. The van der Waals surface area contributed by atoms with Gasteiger partial charge in [-0.25, -0.2) is 4.72 Å². The van der Waals surface area contributed by atoms with E-state index in [-0.39, 0.29) is 13.0 Å². The topological polar surface area (TPSA) is 78.4 Å². The zero-order valence-electron chi connectivity index (χ0n) is 8.71. The minimum atomic E-state index is -4.59. The molecule has 0 saturated carbocycles. The lowest BCUT2D eigenvalue weighted by Gasteiger charge is -2.11. The normalized spacial score (nSPS) is 15.1. The molecule has 0 bridgehead atoms. The molecule has 0 spiro atoms. The third-order valence-electron chi connectivity index (χ3n) is 1.70. The van der Waals surface area contributed by atoms with Crippen molar-refractivity contribution in [2.45, 2.75) is 32.0 Å². The number of hydrogen-bond acceptors (Lipinski definition) is 3. The Kier molecular flexibility index (Phi) is 6.23. The van der Waals surface area contributed by atoms with Gasteiger partial charge in [0, 0.05) is 6.54 Å². The first kappa shape index (κ1) is 15.6. The van der Waals surface area contributed by atoms with Gasteiger partial charge in [-0.2, -0.15) is 26.3 Å². The number of halogens is 3. The second-order valence-corrected chi connectivity index (χ2v) is 4.77. The number of aliphatic hydroxyl groups is 1. The van der Waals surface area contributed by atoms with E-state index in [9.17, 15) is 21.6 Å². The van der Waals surface area contributed by atoms with Gasteiger partial charge in [0.1, 0.15) is 6.54 Å². The fourth-order valence-corrected chi connectivity index (χ4v) is 1.63. The van der Waals surface area contributed by atoms with Crippen molar-refractivity contribution in [1.29, 1.82) is 0 Å². The fraction of sp³-hybridized carbons (Fsp3) is 1.00. The molecule has 0 aromatic carbocycles. The zero-order valence-corrected chi connectivity index (χ0v) is 9.53. The summed E-state index contributed by atoms with van der Waals surface area (Å²) in [6.07, 6.45) is -4.64. The Bertz CT molecular complexity index is 292. The van der Waals surface area contributed by atoms with Crippen LogP contribution < -0.4 is 9.44 Å². The molecule has 0 aliphatic heterocycles. The number of alkyl halides is 3. The van der Waals surface area contributed by atoms with Gasteiger partial charge >= 0.3 is 6.18 Å². The Morgan fingerprint density at radius 1 is 1.31 bits per heavy atom. The van der Waals surface area contributed by atoms with Crippen LogP contribution in [0.2, 0.25) is 0 Å². The first-order valence-corrected chi connectivity index (χ1v) is 6.13. The van der Waals surface area contributed by atoms with Gasteiger partial charge in [-0.05, 0) is 12.8 Å². The molecule has 0 heterocycles. The molecule has 98 valence electrons. The average molecular weight is 264 g/mol. The van der Waals surface area contributed by atoms with Crippen LogP contribution in [0.25, 0.3) is 0 Å². The molecule has 0 rings (SSSR count). The van der Waals surface area contributed by atoms with Crippen LogP contribution in [-0.2, 0) is 10.2 Å². The largest absolute Gasteiger partial charge is 0.402 e. The lowest BCUT2D eigenvalue weighted by atomic mass is 10.2. The van der Waals surface area contributed by atoms with E-state index >= 15 is 0 Å². The first-order valence-electron chi connectivity index (χ1n) is 4.65. The van der Waals surface area contributed by atoms with Crippen molar-refractivity contribution in [3.63, 3.8) is 0 Å². The van der Waals surface area contributed by atoms with Gasteiger partial charge in [0.2, 0.25) is 0 Å². The highest BCUT2D eigenvalue weighted by Gasteiger charge is 2.29. The van der Waals surface area contributed by atoms with E-state index in [2.05, 4.69) is 0 Å². The summed E-state index contributed by atoms with van der Waals surface area (Å²) in [5.41, 5.74) is 0. The summed E-state index contributed by atoms with van der Waals surface area (Å²) < 4.78 is 60.2. The lowest BCUT2D eigenvalue weighted by Crippen LogP contribution is -2.42. The monoisotopic (exact) mass is 264 g/mol. The predicted octanol–water partition coefficient (Wildman–Crippen LogP) is 0.134. The molecule has 1 atom stereocenters. The van der Waals surface area contributed by atoms with Gasteiger partial charge in [-0.15, -0.1) is 0 Å². The van der Waals surface area contributed by atoms with Crippen LogP contribution >= 0.6 is 0 Å². The average Bonchev–Trinajstić information content (AvgIpc) is 2.13. The Hall–Kier alpha value is -0.380. The van der Waals surface area contributed by atoms with Crippen LogP contribution in [0.1, 0.15) is 19.8 Å². The molecule has 0 aliphatic carbocycles. The molecule has 0 amide bonds. The van der Waals surface area contributed by atoms with E-state index in [0.717, 1.165) is 0 Å². The van der Waals surface area contributed by atoms with E-state index in [4.69, 9.17) is 5.11 Å². The van der Waals surface area contributed by atoms with Gasteiger partial charge in [0.25, 0.3) is 10.2 Å². The predicted molar refractivity (Wildman–Crippen MR) is 51.9 cm³/mol. The van der Waals surface area contributed by atoms with Gasteiger partial charge in [0.15, 0.2) is 0 Å². The summed E-state index contributed by atoms with van der Waals surface area (Å²) in [6, 6.07) is 0. The van der Waals surface area contributed by atoms with Crippen molar-refractivity contribution in [3.05, 3.63) is 0 Å². The Morgan fingerprint density at radius 3 is 2.31 bits per heavy atom. The van der Waals surface area contributed by atoms with Gasteiger partial charge in [-0.1, -0.05) is 6.92 Å². The zero-order chi connectivity index (χ0) is 12.8. The fourth-order valence-electron chi connectivity index (χ4n) is 0.792. The molecule has 0 aromatic rings. The van der Waals surface area contributed by atoms with Crippen molar-refractivity contribution >= 4 is 10.2 Å². The van der Waals surface area contributed by atoms with Crippen molar-refractivity contribution < 1.29 is 26.7 Å². The van der Waals surface area contributed by atoms with Gasteiger partial charge in [0.05, 0.1) is 6.10 Å². The van der Waals surface area contributed by atoms with E-state index in [1.807, 2.05) is 4.72 Å². The summed E-state index contributed by atoms with van der Waals surface area (Å²) in [5, 5.41) is 9.08. The molecule has 3 N–H and O–H groups in total. The highest BCUT2D eigenvalue weighted by atomic mass is 32.2. The molecule has 5 nitrogen and oxygen atoms in total. The van der Waals surface area contributed by atoms with Crippen LogP contribution in [0.5, 0.6) is 0 Å². The molecular formula is C7H15F3N2O3S. The quantitative estimate of drug-likeness (QED) is 0.612. The number of rotatable bonds is 7. The van der Waals surface area contributed by atoms with Crippen molar-refractivity contribution in [2.24, 2.45) is 0 Å². The van der Waals surface area contributed by atoms with Crippen LogP contribution in [-0.4, -0.2) is 38.9 Å². The first-order chi connectivity index (χ1) is 7.16. The number of nitrogens with one attached hydrogen (secondary N) is 2. The van der Waals surface area contributed by atoms with Crippen LogP contribution in [0.4, 0.5) is 13.2 Å². The summed E-state index contributed by atoms with van der Waals surface area (Å²) in [4.78, 5) is 0. The molecule has 0 fully saturated rings. The van der Waals surface area contributed by atoms with E-state index < -0.39 is 29.0 Å². The van der Waals surface area contributed by atoms with Crippen molar-refractivity contribution in [3.8, 4) is 0 Å². The molecule has 0 aliphatic rings. The van der Waals surface area contributed by atoms with Crippen molar-refractivity contribution in [1.82, 2.24) is 9.44 Å². The van der Waals surface area contributed by atoms with E-state index in [1.165, 1.54) is 4.72 Å². The Balaban J connectivity index is 3.89. The summed E-state index contributed by atoms with van der Waals surface area (Å²) in [5.74, 6) is 0. The maximum atomic E-state index is 11.7. The smallest absolute Gasteiger partial charge is 0.393 e. The van der Waals surface area contributed by atoms with Crippen LogP contribution in [0.15, 0.2) is 0 Å². The van der Waals surface area contributed by atoms with Crippen LogP contribution in [0, 0.1) is 0 Å². The maximum Gasteiger partial charge on any atom is 0.402 e. The lowest BCUT2D eigenvalue weighted by molar-refractivity contribution is -0.121. The second-order valence-electron chi connectivity index (χ2n) is 3.18. The second kappa shape index (κ2) is 6.38. The summed E-state index contributed by atoms with van der Waals surface area (Å²) in [7, 11) is -4.15. The third-order valence-corrected chi connectivity index (χ3v) is 2.81. The number of aliphatic hydroxyl groups excluding tert-OH is 1. The molecule has 0 aromatic heterocycles. The van der Waals surface area contributed by atoms with Crippen molar-refractivity contribution in [2.75, 3.05) is 13.1 Å². The molecule has 0 saturated heterocycles. The van der Waals surface area contributed by atoms with E-state index in [1.54, 1.807) is 6.92 Å². The van der Waals surface area contributed by atoms with Crippen LogP contribution in [0.3, 0.4) is 0 Å². The Morgan fingerprint density at radius 2 is 1.88 bits per heavy atom. The molecular weight excluding hydrogens is 249 g/mol. The molecule has 0 radical (unpaired) electrons. The summed E-state index contributed by atoms with van der Waals surface area (Å²) in [6.45, 7) is -0.0120. The standard InChI is InChI=1S/C7H15F3N2O3S/c1-2-6(13)3-4-11-16(14,15)12-5-7(8,9)10/h6,11-13H,2-5H2,1H3. The molecule has 9 heteroatoms. The van der Waals surface area contributed by atoms with E-state index in [0.29, 0.717) is 6.42 Å². The minimum Gasteiger partial charge on any atom is -0.393 e. The number of hydrogen-bond donors (Lipinski definition) is 3. The van der Waals surface area contributed by atoms with Gasteiger partial charge < -0.3 is 5.11 Å². The van der Waals surface area contributed by atoms with Gasteiger partial charge in [-0.3, -0.25) is 0 Å². The molecule has 1 unspecified atom stereocenters. The third kappa shape index (κ3) is 8.89. The highest BCUT2D eigenvalue weighted by molar-refractivity contribution is 7.87. The minimum absolute atomic E-state index is 0.109.